The topological polar surface area (TPSA) is 64.3 Å². The predicted octanol–water partition coefficient (Wildman–Crippen LogP) is 2.46. The maximum Gasteiger partial charge on any atom is 0.250 e. The first-order valence-corrected chi connectivity index (χ1v) is 6.75. The number of thiocarbonyl (C=S) groups is 1. The molecule has 3 N–H and O–H groups in total. The lowest BCUT2D eigenvalue weighted by Crippen LogP contribution is -2.23. The highest BCUT2D eigenvalue weighted by molar-refractivity contribution is 7.80. The Hall–Kier alpha value is -1.46. The Bertz CT molecular complexity index is 449. The SMILES string of the molecule is CCCC(C)OCC(=O)Nc1ccccc1C(N)=S. The number of ether oxygens (including phenoxy) is 1. The van der Waals surface area contributed by atoms with Crippen molar-refractivity contribution in [3.05, 3.63) is 29.8 Å². The van der Waals surface area contributed by atoms with Crippen LogP contribution in [0.3, 0.4) is 0 Å². The van der Waals surface area contributed by atoms with E-state index in [1.54, 1.807) is 12.1 Å². The average molecular weight is 280 g/mol. The van der Waals surface area contributed by atoms with E-state index in [4.69, 9.17) is 22.7 Å². The molecule has 0 aliphatic carbocycles. The number of carbonyl (C=O) groups is 1. The van der Waals surface area contributed by atoms with E-state index < -0.39 is 0 Å². The second kappa shape index (κ2) is 7.86. The lowest BCUT2D eigenvalue weighted by atomic mass is 10.2. The van der Waals surface area contributed by atoms with Gasteiger partial charge in [-0.3, -0.25) is 4.79 Å². The third-order valence-corrected chi connectivity index (χ3v) is 2.88. The Kier molecular flexibility index (Phi) is 6.45. The van der Waals surface area contributed by atoms with E-state index in [0.717, 1.165) is 12.8 Å². The van der Waals surface area contributed by atoms with E-state index in [1.807, 2.05) is 19.1 Å². The molecule has 0 aliphatic rings. The van der Waals surface area contributed by atoms with Crippen molar-refractivity contribution < 1.29 is 9.53 Å². The number of anilines is 1. The lowest BCUT2D eigenvalue weighted by Gasteiger charge is -2.13. The molecule has 1 atom stereocenters. The molecule has 0 aliphatic heterocycles. The molecule has 104 valence electrons. The number of rotatable bonds is 7. The van der Waals surface area contributed by atoms with E-state index >= 15 is 0 Å². The van der Waals surface area contributed by atoms with E-state index in [9.17, 15) is 4.79 Å². The molecule has 19 heavy (non-hydrogen) atoms. The van der Waals surface area contributed by atoms with Gasteiger partial charge in [0.2, 0.25) is 5.91 Å². The van der Waals surface area contributed by atoms with Gasteiger partial charge >= 0.3 is 0 Å². The van der Waals surface area contributed by atoms with Gasteiger partial charge in [-0.1, -0.05) is 37.7 Å². The lowest BCUT2D eigenvalue weighted by molar-refractivity contribution is -0.122. The van der Waals surface area contributed by atoms with Crippen LogP contribution < -0.4 is 11.1 Å². The number of hydrogen-bond donors (Lipinski definition) is 2. The summed E-state index contributed by atoms with van der Waals surface area (Å²) in [5, 5.41) is 2.76. The minimum atomic E-state index is -0.202. The smallest absolute Gasteiger partial charge is 0.250 e. The number of nitrogens with one attached hydrogen (secondary N) is 1. The van der Waals surface area contributed by atoms with Crippen LogP contribution in [-0.2, 0) is 9.53 Å². The zero-order chi connectivity index (χ0) is 14.3. The Balaban J connectivity index is 2.55. The van der Waals surface area contributed by atoms with Crippen molar-refractivity contribution in [1.29, 1.82) is 0 Å². The molecule has 1 aromatic rings. The first-order valence-electron chi connectivity index (χ1n) is 6.34. The molecule has 0 saturated heterocycles. The second-order valence-corrected chi connectivity index (χ2v) is 4.81. The van der Waals surface area contributed by atoms with Crippen LogP contribution in [0.25, 0.3) is 0 Å². The zero-order valence-electron chi connectivity index (χ0n) is 11.3. The van der Waals surface area contributed by atoms with Crippen molar-refractivity contribution in [2.75, 3.05) is 11.9 Å². The number of amides is 1. The van der Waals surface area contributed by atoms with Crippen molar-refractivity contribution >= 4 is 28.8 Å². The second-order valence-electron chi connectivity index (χ2n) is 4.37. The van der Waals surface area contributed by atoms with Gasteiger partial charge in [0.05, 0.1) is 11.8 Å². The summed E-state index contributed by atoms with van der Waals surface area (Å²) in [7, 11) is 0. The van der Waals surface area contributed by atoms with Crippen LogP contribution in [0.1, 0.15) is 32.3 Å². The van der Waals surface area contributed by atoms with Gasteiger partial charge in [0.15, 0.2) is 0 Å². The van der Waals surface area contributed by atoms with Crippen molar-refractivity contribution in [3.63, 3.8) is 0 Å². The van der Waals surface area contributed by atoms with Crippen LogP contribution in [0.2, 0.25) is 0 Å². The molecule has 0 fully saturated rings. The number of hydrogen-bond acceptors (Lipinski definition) is 3. The molecule has 4 nitrogen and oxygen atoms in total. The van der Waals surface area contributed by atoms with Crippen LogP contribution in [0.5, 0.6) is 0 Å². The summed E-state index contributed by atoms with van der Waals surface area (Å²) < 4.78 is 5.44. The van der Waals surface area contributed by atoms with Gasteiger partial charge in [-0.15, -0.1) is 0 Å². The molecule has 1 amide bonds. The fourth-order valence-electron chi connectivity index (χ4n) is 1.70. The molecule has 5 heteroatoms. The molecule has 0 radical (unpaired) electrons. The van der Waals surface area contributed by atoms with E-state index in [0.29, 0.717) is 11.3 Å². The van der Waals surface area contributed by atoms with Gasteiger partial charge in [-0.2, -0.15) is 0 Å². The first kappa shape index (κ1) is 15.6. The number of benzene rings is 1. The fourth-order valence-corrected chi connectivity index (χ4v) is 1.88. The average Bonchev–Trinajstić information content (AvgIpc) is 2.37. The summed E-state index contributed by atoms with van der Waals surface area (Å²) in [5.41, 5.74) is 6.88. The quantitative estimate of drug-likeness (QED) is 0.753. The summed E-state index contributed by atoms with van der Waals surface area (Å²) in [4.78, 5) is 12.0. The number of para-hydroxylation sites is 1. The fraction of sp³-hybridized carbons (Fsp3) is 0.429. The Morgan fingerprint density at radius 1 is 1.47 bits per heavy atom. The summed E-state index contributed by atoms with van der Waals surface area (Å²) >= 11 is 4.94. The largest absolute Gasteiger partial charge is 0.389 e. The number of carbonyl (C=O) groups excluding carboxylic acids is 1. The van der Waals surface area contributed by atoms with Crippen LogP contribution in [0, 0.1) is 0 Å². The third kappa shape index (κ3) is 5.36. The molecule has 0 saturated carbocycles. The van der Waals surface area contributed by atoms with Gasteiger partial charge in [0, 0.05) is 5.56 Å². The summed E-state index contributed by atoms with van der Waals surface area (Å²) in [6, 6.07) is 7.18. The molecule has 0 spiro atoms. The monoisotopic (exact) mass is 280 g/mol. The highest BCUT2D eigenvalue weighted by Gasteiger charge is 2.09. The highest BCUT2D eigenvalue weighted by atomic mass is 32.1. The molecule has 1 rings (SSSR count). The van der Waals surface area contributed by atoms with Gasteiger partial charge in [0.1, 0.15) is 11.6 Å². The zero-order valence-corrected chi connectivity index (χ0v) is 12.1. The van der Waals surface area contributed by atoms with E-state index in [1.165, 1.54) is 0 Å². The molecular weight excluding hydrogens is 260 g/mol. The van der Waals surface area contributed by atoms with Crippen LogP contribution >= 0.6 is 12.2 Å². The van der Waals surface area contributed by atoms with Crippen molar-refractivity contribution in [1.82, 2.24) is 0 Å². The minimum absolute atomic E-state index is 0.0346. The summed E-state index contributed by atoms with van der Waals surface area (Å²) in [6.07, 6.45) is 2.06. The third-order valence-electron chi connectivity index (χ3n) is 2.66. The van der Waals surface area contributed by atoms with Gasteiger partial charge < -0.3 is 15.8 Å². The van der Waals surface area contributed by atoms with Crippen LogP contribution in [0.4, 0.5) is 5.69 Å². The molecule has 0 bridgehead atoms. The van der Waals surface area contributed by atoms with Crippen LogP contribution in [-0.4, -0.2) is 23.6 Å². The Labute approximate surface area is 119 Å². The molecule has 0 heterocycles. The Morgan fingerprint density at radius 3 is 2.79 bits per heavy atom. The van der Waals surface area contributed by atoms with Crippen LogP contribution in [0.15, 0.2) is 24.3 Å². The standard InChI is InChI=1S/C14H20N2O2S/c1-3-6-10(2)18-9-13(17)16-12-8-5-4-7-11(12)14(15)19/h4-5,7-8,10H,3,6,9H2,1-2H3,(H2,15,19)(H,16,17). The maximum absolute atomic E-state index is 11.8. The highest BCUT2D eigenvalue weighted by Crippen LogP contribution is 2.14. The normalized spacial score (nSPS) is 11.9. The van der Waals surface area contributed by atoms with E-state index in [-0.39, 0.29) is 23.6 Å². The van der Waals surface area contributed by atoms with E-state index in [2.05, 4.69) is 12.2 Å². The van der Waals surface area contributed by atoms with Gasteiger partial charge in [-0.25, -0.2) is 0 Å². The van der Waals surface area contributed by atoms with Crippen molar-refractivity contribution in [2.24, 2.45) is 5.73 Å². The molecule has 0 aromatic heterocycles. The predicted molar refractivity (Wildman–Crippen MR) is 81.3 cm³/mol. The molecule has 1 aromatic carbocycles. The van der Waals surface area contributed by atoms with Gasteiger partial charge in [-0.05, 0) is 25.5 Å². The van der Waals surface area contributed by atoms with Crippen molar-refractivity contribution in [3.8, 4) is 0 Å². The van der Waals surface area contributed by atoms with Crippen molar-refractivity contribution in [2.45, 2.75) is 32.8 Å². The maximum atomic E-state index is 11.8. The molecule has 1 unspecified atom stereocenters. The number of nitrogens with two attached hydrogens (primary N) is 1. The minimum Gasteiger partial charge on any atom is -0.389 e. The Morgan fingerprint density at radius 2 is 2.16 bits per heavy atom. The summed E-state index contributed by atoms with van der Waals surface area (Å²) in [5.74, 6) is -0.202. The molecular formula is C14H20N2O2S. The summed E-state index contributed by atoms with van der Waals surface area (Å²) in [6.45, 7) is 4.07. The van der Waals surface area contributed by atoms with Gasteiger partial charge in [0.25, 0.3) is 0 Å². The first-order chi connectivity index (χ1) is 9.04.